The Balaban J connectivity index is 2.16. The maximum absolute atomic E-state index is 12.9. The van der Waals surface area contributed by atoms with Crippen LogP contribution in [0.5, 0.6) is 0 Å². The third kappa shape index (κ3) is 2.64. The molecule has 21 heavy (non-hydrogen) atoms. The minimum Gasteiger partial charge on any atom is -0.376 e. The fourth-order valence-electron chi connectivity index (χ4n) is 2.97. The van der Waals surface area contributed by atoms with Gasteiger partial charge < -0.3 is 4.74 Å². The van der Waals surface area contributed by atoms with Crippen molar-refractivity contribution in [1.82, 2.24) is 9.55 Å². The Bertz CT molecular complexity index is 715. The van der Waals surface area contributed by atoms with E-state index < -0.39 is 0 Å². The Morgan fingerprint density at radius 2 is 2.33 bits per heavy atom. The lowest BCUT2D eigenvalue weighted by molar-refractivity contribution is 0.0937. The third-order valence-corrected chi connectivity index (χ3v) is 5.74. The van der Waals surface area contributed by atoms with Gasteiger partial charge in [-0.05, 0) is 38.0 Å². The molecule has 0 aliphatic carbocycles. The standard InChI is InChI=1S/C15H20N2O2S2/c1-4-11-9(2)21-13-12(11)14(18)17(15(16-13)20-3)8-10-6-5-7-19-10/h10H,4-8H2,1-3H3/t10-/m0/s1. The van der Waals surface area contributed by atoms with Crippen LogP contribution in [0.25, 0.3) is 10.2 Å². The summed E-state index contributed by atoms with van der Waals surface area (Å²) in [6.45, 7) is 5.60. The average Bonchev–Trinajstić information content (AvgIpc) is 3.08. The fourth-order valence-corrected chi connectivity index (χ4v) is 4.69. The number of ether oxygens (including phenoxy) is 1. The van der Waals surface area contributed by atoms with Crippen molar-refractivity contribution in [3.8, 4) is 0 Å². The van der Waals surface area contributed by atoms with Crippen molar-refractivity contribution in [3.63, 3.8) is 0 Å². The molecule has 1 atom stereocenters. The van der Waals surface area contributed by atoms with Crippen molar-refractivity contribution in [2.24, 2.45) is 0 Å². The van der Waals surface area contributed by atoms with Gasteiger partial charge in [0, 0.05) is 11.5 Å². The Hall–Kier alpha value is -0.850. The summed E-state index contributed by atoms with van der Waals surface area (Å²) >= 11 is 3.16. The number of aromatic nitrogens is 2. The Morgan fingerprint density at radius 3 is 2.95 bits per heavy atom. The molecule has 4 nitrogen and oxygen atoms in total. The monoisotopic (exact) mass is 324 g/mol. The van der Waals surface area contributed by atoms with Gasteiger partial charge in [0.15, 0.2) is 5.16 Å². The molecule has 0 bridgehead atoms. The number of nitrogens with zero attached hydrogens (tertiary/aromatic N) is 2. The van der Waals surface area contributed by atoms with Crippen molar-refractivity contribution < 1.29 is 4.74 Å². The molecule has 1 aliphatic rings. The minimum absolute atomic E-state index is 0.0982. The third-order valence-electron chi connectivity index (χ3n) is 4.02. The van der Waals surface area contributed by atoms with Crippen molar-refractivity contribution in [2.75, 3.05) is 12.9 Å². The maximum atomic E-state index is 12.9. The SMILES string of the molecule is CCc1c(C)sc2nc(SC)n(C[C@@H]3CCCO3)c(=O)c12. The van der Waals surface area contributed by atoms with Crippen LogP contribution in [-0.2, 0) is 17.7 Å². The normalized spacial score (nSPS) is 18.7. The highest BCUT2D eigenvalue weighted by molar-refractivity contribution is 7.98. The molecule has 0 amide bonds. The number of aryl methyl sites for hydroxylation is 2. The molecule has 1 aliphatic heterocycles. The Labute approximate surface area is 132 Å². The summed E-state index contributed by atoms with van der Waals surface area (Å²) in [5.74, 6) is 0. The van der Waals surface area contributed by atoms with Crippen LogP contribution in [0, 0.1) is 6.92 Å². The average molecular weight is 324 g/mol. The van der Waals surface area contributed by atoms with Crippen molar-refractivity contribution in [2.45, 2.75) is 50.9 Å². The largest absolute Gasteiger partial charge is 0.376 e. The van der Waals surface area contributed by atoms with Crippen molar-refractivity contribution >= 4 is 33.3 Å². The Morgan fingerprint density at radius 1 is 1.52 bits per heavy atom. The molecule has 0 unspecified atom stereocenters. The summed E-state index contributed by atoms with van der Waals surface area (Å²) in [5.41, 5.74) is 1.25. The summed E-state index contributed by atoms with van der Waals surface area (Å²) in [4.78, 5) is 19.7. The van der Waals surface area contributed by atoms with E-state index in [0.717, 1.165) is 46.8 Å². The van der Waals surface area contributed by atoms with E-state index in [9.17, 15) is 4.79 Å². The first-order valence-electron chi connectivity index (χ1n) is 7.34. The molecule has 0 saturated carbocycles. The van der Waals surface area contributed by atoms with Gasteiger partial charge in [0.05, 0.1) is 18.0 Å². The van der Waals surface area contributed by atoms with Gasteiger partial charge in [0.1, 0.15) is 4.83 Å². The number of thioether (sulfide) groups is 1. The highest BCUT2D eigenvalue weighted by Gasteiger charge is 2.22. The molecule has 1 fully saturated rings. The summed E-state index contributed by atoms with van der Waals surface area (Å²) in [6.07, 6.45) is 5.11. The second kappa shape index (κ2) is 6.10. The van der Waals surface area contributed by atoms with Crippen LogP contribution in [0.4, 0.5) is 0 Å². The quantitative estimate of drug-likeness (QED) is 0.640. The molecule has 0 radical (unpaired) electrons. The van der Waals surface area contributed by atoms with Crippen LogP contribution < -0.4 is 5.56 Å². The van der Waals surface area contributed by atoms with Crippen LogP contribution in [0.2, 0.25) is 0 Å². The number of rotatable bonds is 4. The molecule has 2 aromatic heterocycles. The molecule has 6 heteroatoms. The van der Waals surface area contributed by atoms with E-state index in [1.807, 2.05) is 10.8 Å². The first-order chi connectivity index (χ1) is 10.2. The van der Waals surface area contributed by atoms with Crippen LogP contribution in [0.1, 0.15) is 30.2 Å². The van der Waals surface area contributed by atoms with Gasteiger partial charge in [0.2, 0.25) is 0 Å². The lowest BCUT2D eigenvalue weighted by atomic mass is 10.1. The highest BCUT2D eigenvalue weighted by atomic mass is 32.2. The second-order valence-electron chi connectivity index (χ2n) is 5.32. The molecule has 114 valence electrons. The summed E-state index contributed by atoms with van der Waals surface area (Å²) in [7, 11) is 0. The van der Waals surface area contributed by atoms with Gasteiger partial charge in [0.25, 0.3) is 5.56 Å². The van der Waals surface area contributed by atoms with E-state index in [0.29, 0.717) is 6.54 Å². The molecule has 0 N–H and O–H groups in total. The lowest BCUT2D eigenvalue weighted by Gasteiger charge is -2.15. The maximum Gasteiger partial charge on any atom is 0.263 e. The van der Waals surface area contributed by atoms with Crippen LogP contribution in [-0.4, -0.2) is 28.5 Å². The first-order valence-corrected chi connectivity index (χ1v) is 9.38. The summed E-state index contributed by atoms with van der Waals surface area (Å²) in [6, 6.07) is 0. The van der Waals surface area contributed by atoms with E-state index in [4.69, 9.17) is 9.72 Å². The predicted octanol–water partition coefficient (Wildman–Crippen LogP) is 3.23. The molecule has 2 aromatic rings. The van der Waals surface area contributed by atoms with Crippen molar-refractivity contribution in [1.29, 1.82) is 0 Å². The molecular formula is C15H20N2O2S2. The minimum atomic E-state index is 0.0982. The predicted molar refractivity (Wildman–Crippen MR) is 88.8 cm³/mol. The van der Waals surface area contributed by atoms with E-state index >= 15 is 0 Å². The number of hydrogen-bond acceptors (Lipinski definition) is 5. The number of fused-ring (bicyclic) bond motifs is 1. The zero-order valence-electron chi connectivity index (χ0n) is 12.6. The van der Waals surface area contributed by atoms with E-state index in [1.165, 1.54) is 16.6 Å². The van der Waals surface area contributed by atoms with Gasteiger partial charge >= 0.3 is 0 Å². The molecule has 3 heterocycles. The molecule has 0 aromatic carbocycles. The number of thiophene rings is 1. The van der Waals surface area contributed by atoms with Gasteiger partial charge in [-0.25, -0.2) is 4.98 Å². The van der Waals surface area contributed by atoms with E-state index in [2.05, 4.69) is 13.8 Å². The summed E-state index contributed by atoms with van der Waals surface area (Å²) < 4.78 is 7.50. The molecular weight excluding hydrogens is 304 g/mol. The highest BCUT2D eigenvalue weighted by Crippen LogP contribution is 2.29. The zero-order chi connectivity index (χ0) is 15.0. The van der Waals surface area contributed by atoms with Gasteiger partial charge in [-0.1, -0.05) is 18.7 Å². The molecule has 3 rings (SSSR count). The van der Waals surface area contributed by atoms with Crippen LogP contribution in [0.15, 0.2) is 9.95 Å². The smallest absolute Gasteiger partial charge is 0.263 e. The van der Waals surface area contributed by atoms with Gasteiger partial charge in [-0.3, -0.25) is 9.36 Å². The van der Waals surface area contributed by atoms with Gasteiger partial charge in [-0.2, -0.15) is 0 Å². The van der Waals surface area contributed by atoms with E-state index in [1.54, 1.807) is 11.3 Å². The topological polar surface area (TPSA) is 44.1 Å². The van der Waals surface area contributed by atoms with Gasteiger partial charge in [-0.15, -0.1) is 11.3 Å². The first kappa shape index (κ1) is 15.1. The fraction of sp³-hybridized carbons (Fsp3) is 0.600. The summed E-state index contributed by atoms with van der Waals surface area (Å²) in [5, 5.41) is 1.61. The van der Waals surface area contributed by atoms with Crippen LogP contribution >= 0.6 is 23.1 Å². The lowest BCUT2D eigenvalue weighted by Crippen LogP contribution is -2.28. The van der Waals surface area contributed by atoms with Crippen molar-refractivity contribution in [3.05, 3.63) is 20.8 Å². The zero-order valence-corrected chi connectivity index (χ0v) is 14.3. The van der Waals surface area contributed by atoms with E-state index in [-0.39, 0.29) is 11.7 Å². The molecule has 0 spiro atoms. The molecule has 1 saturated heterocycles. The second-order valence-corrected chi connectivity index (χ2v) is 7.30. The number of hydrogen-bond donors (Lipinski definition) is 0. The Kier molecular flexibility index (Phi) is 4.38. The van der Waals surface area contributed by atoms with Crippen LogP contribution in [0.3, 0.4) is 0 Å².